The molecule has 4 nitrogen and oxygen atoms in total. The van der Waals surface area contributed by atoms with Crippen LogP contribution in [0.2, 0.25) is 0 Å². The first-order chi connectivity index (χ1) is 9.17. The highest BCUT2D eigenvalue weighted by atomic mass is 32.2. The standard InChI is InChI=1S/C15H30N2O2S/c1-12-9-15(2,3)10-14(12)16-11-13-5-7-17(8-6-13)20(4,18)19/h12-14,16H,5-11H2,1-4H3/t12-,14+/m1/s1. The minimum absolute atomic E-state index is 0.469. The second kappa shape index (κ2) is 5.93. The van der Waals surface area contributed by atoms with Gasteiger partial charge in [0.2, 0.25) is 10.0 Å². The zero-order valence-corrected chi connectivity index (χ0v) is 14.2. The van der Waals surface area contributed by atoms with E-state index >= 15 is 0 Å². The van der Waals surface area contributed by atoms with E-state index in [-0.39, 0.29) is 0 Å². The summed E-state index contributed by atoms with van der Waals surface area (Å²) in [7, 11) is -2.99. The van der Waals surface area contributed by atoms with E-state index in [2.05, 4.69) is 26.1 Å². The maximum atomic E-state index is 11.5. The Morgan fingerprint density at radius 1 is 1.20 bits per heavy atom. The van der Waals surface area contributed by atoms with E-state index in [1.807, 2.05) is 0 Å². The van der Waals surface area contributed by atoms with Crippen LogP contribution in [0.1, 0.15) is 46.5 Å². The molecular formula is C15H30N2O2S. The number of rotatable bonds is 4. The summed E-state index contributed by atoms with van der Waals surface area (Å²) in [6, 6.07) is 0.637. The lowest BCUT2D eigenvalue weighted by atomic mass is 9.91. The van der Waals surface area contributed by atoms with E-state index in [0.29, 0.717) is 30.5 Å². The van der Waals surface area contributed by atoms with Crippen molar-refractivity contribution in [2.75, 3.05) is 25.9 Å². The predicted octanol–water partition coefficient (Wildman–Crippen LogP) is 2.07. The van der Waals surface area contributed by atoms with Gasteiger partial charge in [0, 0.05) is 19.1 Å². The van der Waals surface area contributed by atoms with Crippen LogP contribution in [0.3, 0.4) is 0 Å². The molecule has 0 aromatic carbocycles. The van der Waals surface area contributed by atoms with Crippen LogP contribution in [0.25, 0.3) is 0 Å². The molecule has 0 bridgehead atoms. The van der Waals surface area contributed by atoms with Gasteiger partial charge in [-0.1, -0.05) is 20.8 Å². The largest absolute Gasteiger partial charge is 0.313 e. The Balaban J connectivity index is 1.74. The van der Waals surface area contributed by atoms with Crippen molar-refractivity contribution in [2.45, 2.75) is 52.5 Å². The molecule has 2 aliphatic rings. The van der Waals surface area contributed by atoms with Gasteiger partial charge in [-0.2, -0.15) is 0 Å². The fourth-order valence-electron chi connectivity index (χ4n) is 3.93. The first-order valence-corrected chi connectivity index (χ1v) is 9.71. The Hall–Kier alpha value is -0.130. The average molecular weight is 302 g/mol. The summed E-state index contributed by atoms with van der Waals surface area (Å²) in [4.78, 5) is 0. The number of piperidine rings is 1. The number of nitrogens with zero attached hydrogens (tertiary/aromatic N) is 1. The monoisotopic (exact) mass is 302 g/mol. The van der Waals surface area contributed by atoms with Gasteiger partial charge in [-0.3, -0.25) is 0 Å². The molecule has 1 aliphatic carbocycles. The molecule has 0 radical (unpaired) electrons. The number of hydrogen-bond donors (Lipinski definition) is 1. The molecule has 5 heteroatoms. The van der Waals surface area contributed by atoms with Crippen molar-refractivity contribution in [3.05, 3.63) is 0 Å². The molecule has 0 aromatic rings. The van der Waals surface area contributed by atoms with Gasteiger partial charge >= 0.3 is 0 Å². The summed E-state index contributed by atoms with van der Waals surface area (Å²) in [6.45, 7) is 9.49. The maximum Gasteiger partial charge on any atom is 0.211 e. The molecule has 1 saturated carbocycles. The van der Waals surface area contributed by atoms with Gasteiger partial charge < -0.3 is 5.32 Å². The molecule has 1 aliphatic heterocycles. The van der Waals surface area contributed by atoms with Crippen LogP contribution >= 0.6 is 0 Å². The molecule has 1 heterocycles. The molecule has 0 spiro atoms. The van der Waals surface area contributed by atoms with Gasteiger partial charge in [0.1, 0.15) is 0 Å². The highest BCUT2D eigenvalue weighted by Gasteiger charge is 2.36. The summed E-state index contributed by atoms with van der Waals surface area (Å²) in [6.07, 6.45) is 5.86. The van der Waals surface area contributed by atoms with Gasteiger partial charge in [0.25, 0.3) is 0 Å². The summed E-state index contributed by atoms with van der Waals surface area (Å²) in [5.41, 5.74) is 0.469. The molecule has 1 N–H and O–H groups in total. The summed E-state index contributed by atoms with van der Waals surface area (Å²) in [5.74, 6) is 1.38. The van der Waals surface area contributed by atoms with Crippen molar-refractivity contribution in [2.24, 2.45) is 17.3 Å². The second-order valence-corrected chi connectivity index (χ2v) is 9.65. The second-order valence-electron chi connectivity index (χ2n) is 7.67. The van der Waals surface area contributed by atoms with Crippen molar-refractivity contribution in [1.82, 2.24) is 9.62 Å². The molecule has 1 saturated heterocycles. The van der Waals surface area contributed by atoms with Gasteiger partial charge in [-0.15, -0.1) is 0 Å². The highest BCUT2D eigenvalue weighted by Crippen LogP contribution is 2.40. The summed E-state index contributed by atoms with van der Waals surface area (Å²) >= 11 is 0. The van der Waals surface area contributed by atoms with Crippen LogP contribution in [0.5, 0.6) is 0 Å². The predicted molar refractivity (Wildman–Crippen MR) is 83.1 cm³/mol. The Morgan fingerprint density at radius 2 is 1.80 bits per heavy atom. The van der Waals surface area contributed by atoms with E-state index < -0.39 is 10.0 Å². The van der Waals surface area contributed by atoms with Gasteiger partial charge in [0.05, 0.1) is 6.26 Å². The molecule has 118 valence electrons. The third-order valence-corrected chi connectivity index (χ3v) is 6.35. The van der Waals surface area contributed by atoms with Crippen molar-refractivity contribution in [3.63, 3.8) is 0 Å². The van der Waals surface area contributed by atoms with Crippen molar-refractivity contribution in [1.29, 1.82) is 0 Å². The SMILES string of the molecule is C[C@@H]1CC(C)(C)C[C@@H]1NCC1CCN(S(C)(=O)=O)CC1. The number of sulfonamides is 1. The van der Waals surface area contributed by atoms with Crippen LogP contribution < -0.4 is 5.32 Å². The van der Waals surface area contributed by atoms with E-state index in [1.165, 1.54) is 19.1 Å². The molecule has 0 unspecified atom stereocenters. The molecule has 2 rings (SSSR count). The fourth-order valence-corrected chi connectivity index (χ4v) is 4.80. The molecule has 0 aromatic heterocycles. The van der Waals surface area contributed by atoms with E-state index in [1.54, 1.807) is 4.31 Å². The quantitative estimate of drug-likeness (QED) is 0.865. The highest BCUT2D eigenvalue weighted by molar-refractivity contribution is 7.88. The molecule has 2 atom stereocenters. The Bertz CT molecular complexity index is 425. The fraction of sp³-hybridized carbons (Fsp3) is 1.00. The minimum atomic E-state index is -2.99. The third-order valence-electron chi connectivity index (χ3n) is 5.05. The van der Waals surface area contributed by atoms with E-state index in [4.69, 9.17) is 0 Å². The molecule has 2 fully saturated rings. The van der Waals surface area contributed by atoms with Crippen LogP contribution in [0, 0.1) is 17.3 Å². The van der Waals surface area contributed by atoms with Gasteiger partial charge in [-0.25, -0.2) is 12.7 Å². The Kier molecular flexibility index (Phi) is 4.82. The lowest BCUT2D eigenvalue weighted by molar-refractivity contribution is 0.256. The lowest BCUT2D eigenvalue weighted by Gasteiger charge is -2.31. The van der Waals surface area contributed by atoms with Crippen LogP contribution in [0.4, 0.5) is 0 Å². The normalized spacial score (nSPS) is 32.6. The van der Waals surface area contributed by atoms with E-state index in [9.17, 15) is 8.42 Å². The summed E-state index contributed by atoms with van der Waals surface area (Å²) < 4.78 is 24.6. The van der Waals surface area contributed by atoms with Crippen LogP contribution in [-0.2, 0) is 10.0 Å². The first kappa shape index (κ1) is 16.2. The molecule has 0 amide bonds. The number of nitrogens with one attached hydrogen (secondary N) is 1. The van der Waals surface area contributed by atoms with Gasteiger partial charge in [0.15, 0.2) is 0 Å². The third kappa shape index (κ3) is 4.18. The number of hydrogen-bond acceptors (Lipinski definition) is 3. The van der Waals surface area contributed by atoms with Crippen LogP contribution in [0.15, 0.2) is 0 Å². The summed E-state index contributed by atoms with van der Waals surface area (Å²) in [5, 5.41) is 3.74. The molecular weight excluding hydrogens is 272 g/mol. The smallest absolute Gasteiger partial charge is 0.211 e. The maximum absolute atomic E-state index is 11.5. The van der Waals surface area contributed by atoms with Crippen LogP contribution in [-0.4, -0.2) is 44.7 Å². The topological polar surface area (TPSA) is 49.4 Å². The zero-order valence-electron chi connectivity index (χ0n) is 13.4. The van der Waals surface area contributed by atoms with Crippen molar-refractivity contribution in [3.8, 4) is 0 Å². The lowest BCUT2D eigenvalue weighted by Crippen LogP contribution is -2.42. The van der Waals surface area contributed by atoms with Crippen molar-refractivity contribution < 1.29 is 8.42 Å². The van der Waals surface area contributed by atoms with Gasteiger partial charge in [-0.05, 0) is 49.5 Å². The average Bonchev–Trinajstić information content (AvgIpc) is 2.59. The zero-order chi connectivity index (χ0) is 15.0. The Morgan fingerprint density at radius 3 is 2.25 bits per heavy atom. The molecule has 20 heavy (non-hydrogen) atoms. The van der Waals surface area contributed by atoms with Crippen molar-refractivity contribution >= 4 is 10.0 Å². The van der Waals surface area contributed by atoms with E-state index in [0.717, 1.165) is 25.3 Å². The first-order valence-electron chi connectivity index (χ1n) is 7.86. The Labute approximate surface area is 124 Å². The minimum Gasteiger partial charge on any atom is -0.313 e.